The van der Waals surface area contributed by atoms with Crippen molar-refractivity contribution in [3.8, 4) is 11.5 Å². The molecular formula is C36H41N5O8. The van der Waals surface area contributed by atoms with E-state index in [4.69, 9.17) is 14.2 Å². The molecule has 1 aromatic heterocycles. The van der Waals surface area contributed by atoms with Gasteiger partial charge in [0.1, 0.15) is 28.7 Å². The van der Waals surface area contributed by atoms with Crippen LogP contribution in [0, 0.1) is 0 Å². The molecule has 4 N–H and O–H groups in total. The van der Waals surface area contributed by atoms with Gasteiger partial charge in [0, 0.05) is 6.20 Å². The Morgan fingerprint density at radius 2 is 1.47 bits per heavy atom. The predicted octanol–water partition coefficient (Wildman–Crippen LogP) is 5.29. The Hall–Kier alpha value is -5.69. The molecule has 0 aliphatic rings. The maximum absolute atomic E-state index is 13.5. The van der Waals surface area contributed by atoms with Crippen LogP contribution in [0.4, 0.5) is 10.6 Å². The van der Waals surface area contributed by atoms with E-state index in [9.17, 15) is 24.3 Å². The number of benzene rings is 3. The molecule has 1 heterocycles. The summed E-state index contributed by atoms with van der Waals surface area (Å²) in [5.74, 6) is -1.26. The number of carboxylic acid groups (broad SMARTS) is 1. The van der Waals surface area contributed by atoms with Crippen LogP contribution in [0.1, 0.15) is 51.8 Å². The number of amides is 3. The Kier molecular flexibility index (Phi) is 11.8. The minimum Gasteiger partial charge on any atom is -0.479 e. The monoisotopic (exact) mass is 671 g/mol. The summed E-state index contributed by atoms with van der Waals surface area (Å²) in [6.45, 7) is 7.99. The van der Waals surface area contributed by atoms with Gasteiger partial charge in [-0.15, -0.1) is 0 Å². The molecule has 0 saturated heterocycles. The SMILES string of the molecule is CC(C)(C)OC(=O)NC(C)(C)C(=O)N[C@H](COCc1ccccc1)C(=O)Nc1cn(C(C(=O)O)c2ccc(Oc3ccccc3)cc2)cn1. The highest BCUT2D eigenvalue weighted by atomic mass is 16.6. The van der Waals surface area contributed by atoms with E-state index in [0.29, 0.717) is 17.1 Å². The van der Waals surface area contributed by atoms with Gasteiger partial charge in [-0.3, -0.25) is 9.59 Å². The van der Waals surface area contributed by atoms with Crippen molar-refractivity contribution in [1.82, 2.24) is 20.2 Å². The van der Waals surface area contributed by atoms with E-state index < -0.39 is 47.1 Å². The van der Waals surface area contributed by atoms with Crippen molar-refractivity contribution in [2.24, 2.45) is 0 Å². The normalized spacial score (nSPS) is 12.7. The molecule has 0 bridgehead atoms. The lowest BCUT2D eigenvalue weighted by Gasteiger charge is -2.29. The molecule has 49 heavy (non-hydrogen) atoms. The zero-order valence-electron chi connectivity index (χ0n) is 28.0. The molecule has 3 amide bonds. The van der Waals surface area contributed by atoms with Gasteiger partial charge in [-0.1, -0.05) is 60.7 Å². The second-order valence-corrected chi connectivity index (χ2v) is 12.7. The van der Waals surface area contributed by atoms with E-state index in [-0.39, 0.29) is 19.0 Å². The fourth-order valence-electron chi connectivity index (χ4n) is 4.55. The standard InChI is InChI=1S/C36H41N5O8/c1-35(2,3)49-34(46)40-36(4,5)33(45)38-28(22-47-21-24-12-8-6-9-13-24)31(42)39-29-20-41(23-37-29)30(32(43)44)25-16-18-27(19-17-25)48-26-14-10-7-11-15-26/h6-20,23,28,30H,21-22H2,1-5H3,(H,38,45)(H,39,42)(H,40,46)(H,43,44)/t28-,30?/m1/s1. The van der Waals surface area contributed by atoms with Crippen LogP contribution in [0.2, 0.25) is 0 Å². The molecule has 13 nitrogen and oxygen atoms in total. The number of carbonyl (C=O) groups is 4. The van der Waals surface area contributed by atoms with Crippen LogP contribution >= 0.6 is 0 Å². The average Bonchev–Trinajstić information content (AvgIpc) is 3.48. The van der Waals surface area contributed by atoms with Gasteiger partial charge < -0.3 is 39.8 Å². The molecule has 0 aliphatic carbocycles. The number of carboxylic acids is 1. The number of alkyl carbamates (subject to hydrolysis) is 1. The van der Waals surface area contributed by atoms with Crippen molar-refractivity contribution in [1.29, 1.82) is 0 Å². The Morgan fingerprint density at radius 1 is 0.857 bits per heavy atom. The van der Waals surface area contributed by atoms with Crippen LogP contribution in [0.15, 0.2) is 97.5 Å². The molecule has 13 heteroatoms. The number of para-hydroxylation sites is 1. The average molecular weight is 672 g/mol. The first-order valence-electron chi connectivity index (χ1n) is 15.5. The lowest BCUT2D eigenvalue weighted by Crippen LogP contribution is -2.59. The van der Waals surface area contributed by atoms with Gasteiger partial charge in [-0.2, -0.15) is 0 Å². The molecular weight excluding hydrogens is 630 g/mol. The molecule has 258 valence electrons. The summed E-state index contributed by atoms with van der Waals surface area (Å²) in [6, 6.07) is 22.7. The Labute approximate surface area is 284 Å². The third-order valence-corrected chi connectivity index (χ3v) is 6.96. The lowest BCUT2D eigenvalue weighted by atomic mass is 10.0. The molecule has 0 spiro atoms. The molecule has 0 fully saturated rings. The molecule has 3 aromatic carbocycles. The summed E-state index contributed by atoms with van der Waals surface area (Å²) >= 11 is 0. The number of nitrogens with zero attached hydrogens (tertiary/aromatic N) is 2. The number of aromatic nitrogens is 2. The second kappa shape index (κ2) is 15.9. The lowest BCUT2D eigenvalue weighted by molar-refractivity contribution is -0.139. The number of rotatable bonds is 14. The Bertz CT molecular complexity index is 1720. The van der Waals surface area contributed by atoms with Gasteiger partial charge in [0.2, 0.25) is 5.91 Å². The van der Waals surface area contributed by atoms with Gasteiger partial charge in [0.05, 0.1) is 19.5 Å². The van der Waals surface area contributed by atoms with Gasteiger partial charge in [-0.25, -0.2) is 14.6 Å². The minimum atomic E-state index is -1.46. The zero-order valence-corrected chi connectivity index (χ0v) is 28.0. The smallest absolute Gasteiger partial charge is 0.408 e. The van der Waals surface area contributed by atoms with Gasteiger partial charge in [0.15, 0.2) is 11.9 Å². The number of ether oxygens (including phenoxy) is 3. The Balaban J connectivity index is 1.46. The van der Waals surface area contributed by atoms with Crippen LogP contribution in [0.5, 0.6) is 11.5 Å². The largest absolute Gasteiger partial charge is 0.479 e. The summed E-state index contributed by atoms with van der Waals surface area (Å²) in [4.78, 5) is 55.7. The first-order chi connectivity index (χ1) is 23.2. The summed E-state index contributed by atoms with van der Waals surface area (Å²) in [7, 11) is 0. The topological polar surface area (TPSA) is 170 Å². The minimum absolute atomic E-state index is 0.0497. The fraction of sp³-hybridized carbons (Fsp3) is 0.306. The highest BCUT2D eigenvalue weighted by Crippen LogP contribution is 2.26. The maximum Gasteiger partial charge on any atom is 0.408 e. The van der Waals surface area contributed by atoms with E-state index in [0.717, 1.165) is 5.56 Å². The first-order valence-corrected chi connectivity index (χ1v) is 15.5. The van der Waals surface area contributed by atoms with Crippen molar-refractivity contribution >= 4 is 29.7 Å². The molecule has 1 unspecified atom stereocenters. The zero-order chi connectivity index (χ0) is 35.6. The number of aliphatic carboxylic acids is 1. The van der Waals surface area contributed by atoms with Crippen molar-refractivity contribution in [2.45, 2.75) is 64.4 Å². The highest BCUT2D eigenvalue weighted by Gasteiger charge is 2.35. The van der Waals surface area contributed by atoms with Gasteiger partial charge in [-0.05, 0) is 70.0 Å². The molecule has 4 aromatic rings. The second-order valence-electron chi connectivity index (χ2n) is 12.7. The number of imidazole rings is 1. The highest BCUT2D eigenvalue weighted by molar-refractivity contribution is 5.98. The van der Waals surface area contributed by atoms with E-state index in [1.807, 2.05) is 60.7 Å². The predicted molar refractivity (Wildman–Crippen MR) is 181 cm³/mol. The molecule has 0 radical (unpaired) electrons. The first kappa shape index (κ1) is 36.2. The van der Waals surface area contributed by atoms with Crippen LogP contribution in [0.3, 0.4) is 0 Å². The number of carbonyl (C=O) groups excluding carboxylic acids is 3. The number of nitrogens with one attached hydrogen (secondary N) is 3. The molecule has 4 rings (SSSR count). The van der Waals surface area contributed by atoms with Crippen LogP contribution in [0.25, 0.3) is 0 Å². The van der Waals surface area contributed by atoms with Crippen molar-refractivity contribution in [3.63, 3.8) is 0 Å². The third kappa shape index (κ3) is 10.9. The van der Waals surface area contributed by atoms with Crippen molar-refractivity contribution < 1.29 is 38.5 Å². The fourth-order valence-corrected chi connectivity index (χ4v) is 4.55. The number of anilines is 1. The van der Waals surface area contributed by atoms with E-state index in [1.165, 1.54) is 30.9 Å². The summed E-state index contributed by atoms with van der Waals surface area (Å²) in [5.41, 5.74) is -0.938. The molecule has 0 aliphatic heterocycles. The van der Waals surface area contributed by atoms with E-state index in [2.05, 4.69) is 20.9 Å². The van der Waals surface area contributed by atoms with Crippen LogP contribution < -0.4 is 20.7 Å². The Morgan fingerprint density at radius 3 is 2.08 bits per heavy atom. The quantitative estimate of drug-likeness (QED) is 0.139. The van der Waals surface area contributed by atoms with Crippen LogP contribution in [-0.4, -0.2) is 62.3 Å². The van der Waals surface area contributed by atoms with Gasteiger partial charge in [0.25, 0.3) is 5.91 Å². The summed E-state index contributed by atoms with van der Waals surface area (Å²) in [6.07, 6.45) is 1.87. The maximum atomic E-state index is 13.5. The number of hydrogen-bond acceptors (Lipinski definition) is 8. The van der Waals surface area contributed by atoms with E-state index >= 15 is 0 Å². The molecule has 2 atom stereocenters. The van der Waals surface area contributed by atoms with Crippen LogP contribution in [-0.2, 0) is 30.5 Å². The number of hydrogen-bond donors (Lipinski definition) is 4. The summed E-state index contributed by atoms with van der Waals surface area (Å²) < 4.78 is 18.2. The summed E-state index contributed by atoms with van der Waals surface area (Å²) in [5, 5.41) is 17.9. The third-order valence-electron chi connectivity index (χ3n) is 6.96. The molecule has 0 saturated carbocycles. The van der Waals surface area contributed by atoms with E-state index in [1.54, 1.807) is 45.0 Å². The van der Waals surface area contributed by atoms with Crippen molar-refractivity contribution in [3.05, 3.63) is 109 Å². The van der Waals surface area contributed by atoms with Gasteiger partial charge >= 0.3 is 12.1 Å². The van der Waals surface area contributed by atoms with Crippen molar-refractivity contribution in [2.75, 3.05) is 11.9 Å².